The molecule has 0 aliphatic carbocycles. The van der Waals surface area contributed by atoms with Gasteiger partial charge in [0.15, 0.2) is 0 Å². The standard InChI is InChI=1S/C26H28N2/c1-4-20-9-12-21(13-10-20)24-16-27-17-25(22-11-8-18(2)19(3)15-22)28-14-6-5-7-23(24)26(27)28/h8-13,15-17H,4-7,14H2,1-3H3. The van der Waals surface area contributed by atoms with Crippen molar-refractivity contribution in [3.05, 3.63) is 77.1 Å². The number of rotatable bonds is 3. The fraction of sp³-hybridized carbons (Fsp3) is 0.308. The Morgan fingerprint density at radius 1 is 0.857 bits per heavy atom. The molecule has 2 aromatic carbocycles. The van der Waals surface area contributed by atoms with Gasteiger partial charge in [-0.2, -0.15) is 0 Å². The van der Waals surface area contributed by atoms with E-state index < -0.39 is 0 Å². The average molecular weight is 369 g/mol. The molecule has 0 radical (unpaired) electrons. The van der Waals surface area contributed by atoms with Crippen LogP contribution in [0.4, 0.5) is 0 Å². The molecule has 28 heavy (non-hydrogen) atoms. The van der Waals surface area contributed by atoms with Crippen LogP contribution in [-0.4, -0.2) is 8.97 Å². The molecule has 1 aliphatic rings. The van der Waals surface area contributed by atoms with Gasteiger partial charge in [0, 0.05) is 30.1 Å². The summed E-state index contributed by atoms with van der Waals surface area (Å²) in [6.07, 6.45) is 9.43. The topological polar surface area (TPSA) is 9.34 Å². The van der Waals surface area contributed by atoms with Crippen molar-refractivity contribution in [3.8, 4) is 22.4 Å². The highest BCUT2D eigenvalue weighted by molar-refractivity contribution is 5.78. The van der Waals surface area contributed by atoms with Gasteiger partial charge in [-0.05, 0) is 73.4 Å². The van der Waals surface area contributed by atoms with Crippen LogP contribution in [-0.2, 0) is 19.4 Å². The first-order valence-electron chi connectivity index (χ1n) is 10.6. The Morgan fingerprint density at radius 3 is 2.39 bits per heavy atom. The van der Waals surface area contributed by atoms with Gasteiger partial charge in [-0.15, -0.1) is 0 Å². The van der Waals surface area contributed by atoms with Crippen LogP contribution in [0.15, 0.2) is 54.9 Å². The van der Waals surface area contributed by atoms with Gasteiger partial charge >= 0.3 is 0 Å². The third-order valence-electron chi connectivity index (χ3n) is 6.45. The zero-order valence-corrected chi connectivity index (χ0v) is 17.1. The largest absolute Gasteiger partial charge is 0.325 e. The summed E-state index contributed by atoms with van der Waals surface area (Å²) in [7, 11) is 0. The normalized spacial score (nSPS) is 13.8. The first kappa shape index (κ1) is 17.4. The quantitative estimate of drug-likeness (QED) is 0.386. The second kappa shape index (κ2) is 6.70. The molecule has 0 saturated heterocycles. The van der Waals surface area contributed by atoms with E-state index in [-0.39, 0.29) is 0 Å². The summed E-state index contributed by atoms with van der Waals surface area (Å²) in [6.45, 7) is 7.71. The number of hydrogen-bond donors (Lipinski definition) is 0. The summed E-state index contributed by atoms with van der Waals surface area (Å²) in [5, 5.41) is 0. The van der Waals surface area contributed by atoms with Crippen molar-refractivity contribution in [2.75, 3.05) is 0 Å². The Balaban J connectivity index is 1.69. The van der Waals surface area contributed by atoms with Gasteiger partial charge in [-0.25, -0.2) is 0 Å². The van der Waals surface area contributed by atoms with E-state index in [9.17, 15) is 0 Å². The summed E-state index contributed by atoms with van der Waals surface area (Å²) < 4.78 is 4.92. The van der Waals surface area contributed by atoms with Crippen LogP contribution in [0.25, 0.3) is 28.0 Å². The fourth-order valence-corrected chi connectivity index (χ4v) is 4.62. The van der Waals surface area contributed by atoms with Crippen LogP contribution in [0, 0.1) is 13.8 Å². The molecule has 3 heterocycles. The van der Waals surface area contributed by atoms with Gasteiger partial charge in [0.05, 0.1) is 5.69 Å². The maximum absolute atomic E-state index is 2.55. The molecule has 0 saturated carbocycles. The van der Waals surface area contributed by atoms with E-state index >= 15 is 0 Å². The molecule has 4 aromatic rings. The lowest BCUT2D eigenvalue weighted by molar-refractivity contribution is 0.647. The first-order valence-corrected chi connectivity index (χ1v) is 10.6. The van der Waals surface area contributed by atoms with Crippen LogP contribution in [0.3, 0.4) is 0 Å². The molecule has 2 aromatic heterocycles. The van der Waals surface area contributed by atoms with Crippen LogP contribution >= 0.6 is 0 Å². The third kappa shape index (κ3) is 2.71. The minimum absolute atomic E-state index is 1.09. The fourth-order valence-electron chi connectivity index (χ4n) is 4.62. The van der Waals surface area contributed by atoms with Crippen LogP contribution < -0.4 is 0 Å². The second-order valence-electron chi connectivity index (χ2n) is 8.22. The number of imidazole rings is 1. The van der Waals surface area contributed by atoms with Crippen molar-refractivity contribution in [1.29, 1.82) is 0 Å². The van der Waals surface area contributed by atoms with Gasteiger partial charge in [0.25, 0.3) is 0 Å². The van der Waals surface area contributed by atoms with Gasteiger partial charge in [0.2, 0.25) is 0 Å². The number of benzene rings is 2. The number of aryl methyl sites for hydroxylation is 5. The smallest absolute Gasteiger partial charge is 0.121 e. The minimum Gasteiger partial charge on any atom is -0.325 e. The molecular formula is C26H28N2. The lowest BCUT2D eigenvalue weighted by Crippen LogP contribution is -1.99. The zero-order chi connectivity index (χ0) is 19.3. The summed E-state index contributed by atoms with van der Waals surface area (Å²) >= 11 is 0. The van der Waals surface area contributed by atoms with E-state index in [0.29, 0.717) is 0 Å². The van der Waals surface area contributed by atoms with Crippen LogP contribution in [0.5, 0.6) is 0 Å². The molecule has 1 aliphatic heterocycles. The maximum atomic E-state index is 2.55. The maximum Gasteiger partial charge on any atom is 0.121 e. The summed E-state index contributed by atoms with van der Waals surface area (Å²) in [5.74, 6) is 0. The summed E-state index contributed by atoms with van der Waals surface area (Å²) in [4.78, 5) is 0. The lowest BCUT2D eigenvalue weighted by Gasteiger charge is -2.10. The molecule has 0 atom stereocenters. The Morgan fingerprint density at radius 2 is 1.64 bits per heavy atom. The van der Waals surface area contributed by atoms with Crippen molar-refractivity contribution in [1.82, 2.24) is 8.97 Å². The highest BCUT2D eigenvalue weighted by Crippen LogP contribution is 2.36. The highest BCUT2D eigenvalue weighted by atomic mass is 15.1. The Bertz CT molecular complexity index is 1160. The van der Waals surface area contributed by atoms with Crippen LogP contribution in [0.2, 0.25) is 0 Å². The SMILES string of the molecule is CCc1ccc(-c2cn3cc(-c4ccc(C)c(C)c4)n4c3c2CCCC4)cc1. The van der Waals surface area contributed by atoms with E-state index in [1.165, 1.54) is 63.1 Å². The Hall–Kier alpha value is -2.74. The van der Waals surface area contributed by atoms with E-state index in [2.05, 4.69) is 84.6 Å². The lowest BCUT2D eigenvalue weighted by atomic mass is 9.99. The molecule has 0 fully saturated rings. The van der Waals surface area contributed by atoms with Crippen molar-refractivity contribution < 1.29 is 0 Å². The molecule has 2 heteroatoms. The monoisotopic (exact) mass is 368 g/mol. The van der Waals surface area contributed by atoms with Crippen molar-refractivity contribution >= 4 is 5.65 Å². The van der Waals surface area contributed by atoms with E-state index in [4.69, 9.17) is 0 Å². The van der Waals surface area contributed by atoms with Crippen molar-refractivity contribution in [2.45, 2.75) is 53.0 Å². The molecule has 5 rings (SSSR count). The molecule has 0 spiro atoms. The van der Waals surface area contributed by atoms with E-state index in [1.54, 1.807) is 0 Å². The zero-order valence-electron chi connectivity index (χ0n) is 17.1. The molecule has 0 bridgehead atoms. The predicted molar refractivity (Wildman–Crippen MR) is 118 cm³/mol. The van der Waals surface area contributed by atoms with Crippen molar-refractivity contribution in [2.24, 2.45) is 0 Å². The van der Waals surface area contributed by atoms with Gasteiger partial charge in [-0.1, -0.05) is 43.3 Å². The molecule has 0 amide bonds. The predicted octanol–water partition coefficient (Wildman–Crippen LogP) is 6.59. The highest BCUT2D eigenvalue weighted by Gasteiger charge is 2.21. The number of aromatic nitrogens is 2. The van der Waals surface area contributed by atoms with E-state index in [1.807, 2.05) is 0 Å². The summed E-state index contributed by atoms with van der Waals surface area (Å²) in [5.41, 5.74) is 12.4. The van der Waals surface area contributed by atoms with E-state index in [0.717, 1.165) is 19.4 Å². The van der Waals surface area contributed by atoms with Gasteiger partial charge in [0.1, 0.15) is 5.65 Å². The molecule has 0 N–H and O–H groups in total. The molecule has 2 nitrogen and oxygen atoms in total. The molecule has 142 valence electrons. The molecule has 0 unspecified atom stereocenters. The minimum atomic E-state index is 1.09. The Labute approximate surface area is 167 Å². The molecular weight excluding hydrogens is 340 g/mol. The third-order valence-corrected chi connectivity index (χ3v) is 6.45. The number of hydrogen-bond acceptors (Lipinski definition) is 0. The van der Waals surface area contributed by atoms with Gasteiger partial charge in [-0.3, -0.25) is 0 Å². The first-order chi connectivity index (χ1) is 13.7. The van der Waals surface area contributed by atoms with Gasteiger partial charge < -0.3 is 8.97 Å². The van der Waals surface area contributed by atoms with Crippen molar-refractivity contribution in [3.63, 3.8) is 0 Å². The summed E-state index contributed by atoms with van der Waals surface area (Å²) in [6, 6.07) is 16.0. The van der Waals surface area contributed by atoms with Crippen LogP contribution in [0.1, 0.15) is 42.0 Å². The average Bonchev–Trinajstić information content (AvgIpc) is 3.15. The second-order valence-corrected chi connectivity index (χ2v) is 8.22. The number of nitrogens with zero attached hydrogens (tertiary/aromatic N) is 2. The Kier molecular flexibility index (Phi) is 4.16.